The summed E-state index contributed by atoms with van der Waals surface area (Å²) in [6, 6.07) is 15.9. The van der Waals surface area contributed by atoms with Gasteiger partial charge in [-0.1, -0.05) is 29.8 Å². The van der Waals surface area contributed by atoms with Crippen molar-refractivity contribution in [2.45, 2.75) is 19.4 Å². The summed E-state index contributed by atoms with van der Waals surface area (Å²) in [5.74, 6) is 0.335. The summed E-state index contributed by atoms with van der Waals surface area (Å²) in [6.07, 6.45) is 0.202. The molecule has 26 heavy (non-hydrogen) atoms. The van der Waals surface area contributed by atoms with Crippen LogP contribution in [0.5, 0.6) is 0 Å². The van der Waals surface area contributed by atoms with Gasteiger partial charge in [0, 0.05) is 29.0 Å². The molecular weight excluding hydrogens is 354 g/mol. The maximum atomic E-state index is 12.0. The van der Waals surface area contributed by atoms with Gasteiger partial charge in [-0.25, -0.2) is 0 Å². The first-order valence-electron chi connectivity index (χ1n) is 8.05. The minimum absolute atomic E-state index is 0.0845. The summed E-state index contributed by atoms with van der Waals surface area (Å²) in [5, 5.41) is 11.1. The van der Waals surface area contributed by atoms with Gasteiger partial charge in [0.15, 0.2) is 5.78 Å². The third-order valence-electron chi connectivity index (χ3n) is 3.67. The predicted molar refractivity (Wildman–Crippen MR) is 96.6 cm³/mol. The molecule has 1 aromatic heterocycles. The fourth-order valence-corrected chi connectivity index (χ4v) is 2.42. The van der Waals surface area contributed by atoms with Crippen molar-refractivity contribution >= 4 is 23.3 Å². The van der Waals surface area contributed by atoms with Crippen molar-refractivity contribution in [3.63, 3.8) is 0 Å². The maximum absolute atomic E-state index is 12.0. The lowest BCUT2D eigenvalue weighted by molar-refractivity contribution is -0.121. The standard InChI is InChI=1S/C19H16ClN3O3/c20-15-8-6-13(7-9-15)16(24)10-11-17(25)21-12-18-22-23-19(26-18)14-4-2-1-3-5-14/h1-9H,10-12H2,(H,21,25). The summed E-state index contributed by atoms with van der Waals surface area (Å²) in [4.78, 5) is 23.9. The van der Waals surface area contributed by atoms with Crippen molar-refractivity contribution in [3.8, 4) is 11.5 Å². The Morgan fingerprint density at radius 3 is 2.42 bits per heavy atom. The van der Waals surface area contributed by atoms with Gasteiger partial charge in [-0.3, -0.25) is 9.59 Å². The molecule has 0 aliphatic heterocycles. The lowest BCUT2D eigenvalue weighted by Gasteiger charge is -2.03. The number of ketones is 1. The normalized spacial score (nSPS) is 10.5. The monoisotopic (exact) mass is 369 g/mol. The minimum Gasteiger partial charge on any atom is -0.419 e. The molecule has 1 amide bonds. The highest BCUT2D eigenvalue weighted by Gasteiger charge is 2.12. The molecule has 7 heteroatoms. The minimum atomic E-state index is -0.258. The molecule has 132 valence electrons. The molecule has 1 N–H and O–H groups in total. The van der Waals surface area contributed by atoms with Crippen molar-refractivity contribution in [3.05, 3.63) is 71.1 Å². The van der Waals surface area contributed by atoms with E-state index in [0.29, 0.717) is 22.4 Å². The van der Waals surface area contributed by atoms with Crippen LogP contribution in [0.15, 0.2) is 59.0 Å². The van der Waals surface area contributed by atoms with E-state index in [9.17, 15) is 9.59 Å². The third-order valence-corrected chi connectivity index (χ3v) is 3.92. The molecule has 0 aliphatic carbocycles. The predicted octanol–water partition coefficient (Wildman–Crippen LogP) is 3.67. The summed E-state index contributed by atoms with van der Waals surface area (Å²) in [6.45, 7) is 0.119. The molecule has 0 spiro atoms. The van der Waals surface area contributed by atoms with E-state index in [4.69, 9.17) is 16.0 Å². The van der Waals surface area contributed by atoms with Crippen LogP contribution in [0, 0.1) is 0 Å². The Labute approximate surface area is 155 Å². The van der Waals surface area contributed by atoms with Crippen LogP contribution in [0.1, 0.15) is 29.1 Å². The molecule has 0 fully saturated rings. The number of nitrogens with one attached hydrogen (secondary N) is 1. The number of hydrogen-bond donors (Lipinski definition) is 1. The number of carbonyl (C=O) groups excluding carboxylic acids is 2. The third kappa shape index (κ3) is 4.77. The zero-order valence-corrected chi connectivity index (χ0v) is 14.6. The Balaban J connectivity index is 1.46. The average Bonchev–Trinajstić information content (AvgIpc) is 3.15. The highest BCUT2D eigenvalue weighted by atomic mass is 35.5. The Hall–Kier alpha value is -2.99. The molecule has 3 rings (SSSR count). The van der Waals surface area contributed by atoms with Crippen molar-refractivity contribution < 1.29 is 14.0 Å². The lowest BCUT2D eigenvalue weighted by Crippen LogP contribution is -2.23. The Bertz CT molecular complexity index is 892. The fourth-order valence-electron chi connectivity index (χ4n) is 2.29. The maximum Gasteiger partial charge on any atom is 0.247 e. The second-order valence-corrected chi connectivity index (χ2v) is 6.01. The molecule has 3 aromatic rings. The summed E-state index contributed by atoms with van der Waals surface area (Å²) < 4.78 is 5.51. The van der Waals surface area contributed by atoms with Crippen LogP contribution >= 0.6 is 11.6 Å². The zero-order chi connectivity index (χ0) is 18.4. The van der Waals surface area contributed by atoms with Gasteiger partial charge < -0.3 is 9.73 Å². The second kappa shape index (κ2) is 8.40. The topological polar surface area (TPSA) is 85.1 Å². The number of Topliss-reactive ketones (excluding diaryl/α,β-unsaturated/α-hetero) is 1. The smallest absolute Gasteiger partial charge is 0.247 e. The number of aromatic nitrogens is 2. The van der Waals surface area contributed by atoms with E-state index in [-0.39, 0.29) is 31.1 Å². The summed E-state index contributed by atoms with van der Waals surface area (Å²) in [7, 11) is 0. The number of carbonyl (C=O) groups is 2. The van der Waals surface area contributed by atoms with E-state index in [2.05, 4.69) is 15.5 Å². The molecule has 0 bridgehead atoms. The second-order valence-electron chi connectivity index (χ2n) is 5.57. The van der Waals surface area contributed by atoms with Crippen molar-refractivity contribution in [2.24, 2.45) is 0 Å². The number of halogens is 1. The van der Waals surface area contributed by atoms with Crippen LogP contribution in [-0.4, -0.2) is 21.9 Å². The van der Waals surface area contributed by atoms with Crippen LogP contribution < -0.4 is 5.32 Å². The van der Waals surface area contributed by atoms with Crippen LogP contribution in [0.2, 0.25) is 5.02 Å². The Kier molecular flexibility index (Phi) is 5.76. The number of nitrogens with zero attached hydrogens (tertiary/aromatic N) is 2. The fraction of sp³-hybridized carbons (Fsp3) is 0.158. The number of hydrogen-bond acceptors (Lipinski definition) is 5. The molecule has 0 unspecified atom stereocenters. The van der Waals surface area contributed by atoms with Gasteiger partial charge in [0.05, 0.1) is 6.54 Å². The van der Waals surface area contributed by atoms with Crippen LogP contribution in [0.3, 0.4) is 0 Å². The van der Waals surface area contributed by atoms with Gasteiger partial charge in [-0.2, -0.15) is 0 Å². The van der Waals surface area contributed by atoms with Crippen molar-refractivity contribution in [1.82, 2.24) is 15.5 Å². The van der Waals surface area contributed by atoms with E-state index >= 15 is 0 Å². The zero-order valence-electron chi connectivity index (χ0n) is 13.8. The first kappa shape index (κ1) is 17.8. The van der Waals surface area contributed by atoms with E-state index in [1.807, 2.05) is 30.3 Å². The van der Waals surface area contributed by atoms with Gasteiger partial charge in [-0.05, 0) is 36.4 Å². The number of rotatable bonds is 7. The van der Waals surface area contributed by atoms with Gasteiger partial charge in [0.25, 0.3) is 0 Å². The van der Waals surface area contributed by atoms with Crippen LogP contribution in [0.25, 0.3) is 11.5 Å². The molecular formula is C19H16ClN3O3. The largest absolute Gasteiger partial charge is 0.419 e. The van der Waals surface area contributed by atoms with Gasteiger partial charge in [-0.15, -0.1) is 10.2 Å². The van der Waals surface area contributed by atoms with Gasteiger partial charge in [0.1, 0.15) is 0 Å². The first-order valence-corrected chi connectivity index (χ1v) is 8.43. The molecule has 0 aliphatic rings. The van der Waals surface area contributed by atoms with Crippen molar-refractivity contribution in [2.75, 3.05) is 0 Å². The molecule has 0 atom stereocenters. The highest BCUT2D eigenvalue weighted by Crippen LogP contribution is 2.16. The Morgan fingerprint density at radius 2 is 1.69 bits per heavy atom. The van der Waals surface area contributed by atoms with E-state index < -0.39 is 0 Å². The van der Waals surface area contributed by atoms with E-state index in [0.717, 1.165) is 5.56 Å². The summed E-state index contributed by atoms with van der Waals surface area (Å²) >= 11 is 5.79. The van der Waals surface area contributed by atoms with Crippen molar-refractivity contribution in [1.29, 1.82) is 0 Å². The number of amides is 1. The average molecular weight is 370 g/mol. The van der Waals surface area contributed by atoms with Gasteiger partial charge in [0.2, 0.25) is 17.7 Å². The van der Waals surface area contributed by atoms with E-state index in [1.54, 1.807) is 24.3 Å². The molecule has 0 saturated carbocycles. The number of benzene rings is 2. The molecule has 2 aromatic carbocycles. The molecule has 1 heterocycles. The molecule has 0 saturated heterocycles. The van der Waals surface area contributed by atoms with Crippen LogP contribution in [-0.2, 0) is 11.3 Å². The first-order chi connectivity index (χ1) is 12.6. The Morgan fingerprint density at radius 1 is 0.962 bits per heavy atom. The van der Waals surface area contributed by atoms with Crippen LogP contribution in [0.4, 0.5) is 0 Å². The van der Waals surface area contributed by atoms with Gasteiger partial charge >= 0.3 is 0 Å². The molecule has 6 nitrogen and oxygen atoms in total. The molecule has 0 radical (unpaired) electrons. The SMILES string of the molecule is O=C(CCC(=O)c1ccc(Cl)cc1)NCc1nnc(-c2ccccc2)o1. The summed E-state index contributed by atoms with van der Waals surface area (Å²) in [5.41, 5.74) is 1.35. The lowest BCUT2D eigenvalue weighted by atomic mass is 10.1. The quantitative estimate of drug-likeness (QED) is 0.642. The van der Waals surface area contributed by atoms with E-state index in [1.165, 1.54) is 0 Å². The highest BCUT2D eigenvalue weighted by molar-refractivity contribution is 6.30.